The zero-order chi connectivity index (χ0) is 15.3. The van der Waals surface area contributed by atoms with Gasteiger partial charge in [0, 0.05) is 25.0 Å². The van der Waals surface area contributed by atoms with Crippen LogP contribution >= 0.6 is 0 Å². The van der Waals surface area contributed by atoms with E-state index >= 15 is 0 Å². The van der Waals surface area contributed by atoms with Crippen molar-refractivity contribution in [2.45, 2.75) is 75.5 Å². The Morgan fingerprint density at radius 2 is 1.68 bits per heavy atom. The van der Waals surface area contributed by atoms with E-state index in [0.29, 0.717) is 5.91 Å². The number of likely N-dealkylation sites (tertiary alicyclic amines) is 2. The molecule has 1 N–H and O–H groups in total. The summed E-state index contributed by atoms with van der Waals surface area (Å²) in [5, 5.41) is 10.3. The summed E-state index contributed by atoms with van der Waals surface area (Å²) in [6.45, 7) is 1.55. The Bertz CT molecular complexity index is 474. The van der Waals surface area contributed by atoms with Crippen LogP contribution in [0.3, 0.4) is 0 Å². The molecular formula is C17H26N2O3. The molecule has 5 nitrogen and oxygen atoms in total. The second-order valence-electron chi connectivity index (χ2n) is 7.61. The van der Waals surface area contributed by atoms with Gasteiger partial charge in [0.1, 0.15) is 0 Å². The minimum atomic E-state index is -0.779. The first-order valence-corrected chi connectivity index (χ1v) is 8.93. The van der Waals surface area contributed by atoms with Crippen LogP contribution in [-0.4, -0.2) is 57.5 Å². The SMILES string of the molecule is O=C(C1CC1)N1CCC(N2C(=O)C(O)C23CCCCC3)CC1. The number of β-lactam (4-membered cyclic amide) rings is 1. The summed E-state index contributed by atoms with van der Waals surface area (Å²) in [6, 6.07) is 0.220. The summed E-state index contributed by atoms with van der Waals surface area (Å²) in [7, 11) is 0. The molecule has 2 aliphatic carbocycles. The van der Waals surface area contributed by atoms with Crippen molar-refractivity contribution in [1.29, 1.82) is 0 Å². The summed E-state index contributed by atoms with van der Waals surface area (Å²) >= 11 is 0. The van der Waals surface area contributed by atoms with E-state index in [-0.39, 0.29) is 23.4 Å². The summed E-state index contributed by atoms with van der Waals surface area (Å²) in [5.41, 5.74) is -0.275. The molecule has 0 bridgehead atoms. The third kappa shape index (κ3) is 2.08. The smallest absolute Gasteiger partial charge is 0.254 e. The third-order valence-corrected chi connectivity index (χ3v) is 6.25. The van der Waals surface area contributed by atoms with E-state index in [0.717, 1.165) is 64.5 Å². The van der Waals surface area contributed by atoms with Crippen LogP contribution in [0.2, 0.25) is 0 Å². The molecule has 4 fully saturated rings. The fourth-order valence-electron chi connectivity index (χ4n) is 4.80. The van der Waals surface area contributed by atoms with E-state index in [9.17, 15) is 14.7 Å². The maximum absolute atomic E-state index is 12.3. The summed E-state index contributed by atoms with van der Waals surface area (Å²) < 4.78 is 0. The van der Waals surface area contributed by atoms with Crippen LogP contribution in [0.4, 0.5) is 0 Å². The predicted octanol–water partition coefficient (Wildman–Crippen LogP) is 1.29. The molecule has 1 atom stereocenters. The van der Waals surface area contributed by atoms with E-state index < -0.39 is 6.10 Å². The van der Waals surface area contributed by atoms with Crippen LogP contribution in [0.25, 0.3) is 0 Å². The Morgan fingerprint density at radius 1 is 1.05 bits per heavy atom. The normalized spacial score (nSPS) is 32.2. The van der Waals surface area contributed by atoms with E-state index in [1.165, 1.54) is 6.42 Å². The standard InChI is InChI=1S/C17H26N2O3/c20-14-16(22)19(17(14)8-2-1-3-9-17)13-6-10-18(11-7-13)15(21)12-4-5-12/h12-14,20H,1-11H2. The molecule has 22 heavy (non-hydrogen) atoms. The first-order chi connectivity index (χ1) is 10.6. The topological polar surface area (TPSA) is 60.9 Å². The molecule has 4 aliphatic rings. The van der Waals surface area contributed by atoms with Crippen LogP contribution in [0.15, 0.2) is 0 Å². The van der Waals surface area contributed by atoms with Gasteiger partial charge in [-0.25, -0.2) is 0 Å². The number of aliphatic hydroxyl groups is 1. The van der Waals surface area contributed by atoms with Crippen LogP contribution in [0.5, 0.6) is 0 Å². The quantitative estimate of drug-likeness (QED) is 0.782. The monoisotopic (exact) mass is 306 g/mol. The fraction of sp³-hybridized carbons (Fsp3) is 0.882. The van der Waals surface area contributed by atoms with Gasteiger partial charge >= 0.3 is 0 Å². The average Bonchev–Trinajstić information content (AvgIpc) is 3.40. The van der Waals surface area contributed by atoms with Gasteiger partial charge in [-0.05, 0) is 38.5 Å². The van der Waals surface area contributed by atoms with Gasteiger partial charge in [0.2, 0.25) is 5.91 Å². The summed E-state index contributed by atoms with van der Waals surface area (Å²) in [5.74, 6) is 0.531. The van der Waals surface area contributed by atoms with Gasteiger partial charge in [0.15, 0.2) is 6.10 Å². The lowest BCUT2D eigenvalue weighted by Gasteiger charge is -2.61. The summed E-state index contributed by atoms with van der Waals surface area (Å²) in [6.07, 6.45) is 8.40. The molecule has 1 spiro atoms. The minimum absolute atomic E-state index is 0.0751. The molecule has 4 rings (SSSR count). The number of aliphatic hydroxyl groups excluding tert-OH is 1. The Balaban J connectivity index is 1.41. The molecule has 1 unspecified atom stereocenters. The van der Waals surface area contributed by atoms with Gasteiger partial charge < -0.3 is 14.9 Å². The molecule has 2 saturated heterocycles. The first-order valence-electron chi connectivity index (χ1n) is 8.93. The lowest BCUT2D eigenvalue weighted by molar-refractivity contribution is -0.201. The average molecular weight is 306 g/mol. The maximum atomic E-state index is 12.3. The highest BCUT2D eigenvalue weighted by molar-refractivity contribution is 5.90. The number of hydrogen-bond acceptors (Lipinski definition) is 3. The lowest BCUT2D eigenvalue weighted by Crippen LogP contribution is -2.77. The zero-order valence-electron chi connectivity index (χ0n) is 13.2. The van der Waals surface area contributed by atoms with Crippen molar-refractivity contribution in [3.63, 3.8) is 0 Å². The van der Waals surface area contributed by atoms with E-state index in [1.807, 2.05) is 9.80 Å². The molecule has 0 aromatic carbocycles. The number of piperidine rings is 1. The van der Waals surface area contributed by atoms with Crippen molar-refractivity contribution in [2.75, 3.05) is 13.1 Å². The van der Waals surface area contributed by atoms with Crippen molar-refractivity contribution in [1.82, 2.24) is 9.80 Å². The molecule has 0 aromatic rings. The van der Waals surface area contributed by atoms with Gasteiger partial charge in [-0.15, -0.1) is 0 Å². The molecule has 2 aliphatic heterocycles. The second kappa shape index (κ2) is 5.22. The van der Waals surface area contributed by atoms with Crippen LogP contribution in [0.1, 0.15) is 57.8 Å². The van der Waals surface area contributed by atoms with E-state index in [1.54, 1.807) is 0 Å². The Morgan fingerprint density at radius 3 is 2.27 bits per heavy atom. The van der Waals surface area contributed by atoms with E-state index in [2.05, 4.69) is 0 Å². The zero-order valence-corrected chi connectivity index (χ0v) is 13.2. The number of nitrogens with zero attached hydrogens (tertiary/aromatic N) is 2. The number of rotatable bonds is 2. The number of carbonyl (C=O) groups is 2. The van der Waals surface area contributed by atoms with Gasteiger partial charge in [0.25, 0.3) is 5.91 Å². The van der Waals surface area contributed by atoms with Crippen molar-refractivity contribution < 1.29 is 14.7 Å². The molecule has 0 aromatic heterocycles. The molecule has 122 valence electrons. The molecule has 2 heterocycles. The maximum Gasteiger partial charge on any atom is 0.254 e. The van der Waals surface area contributed by atoms with Gasteiger partial charge in [0.05, 0.1) is 5.54 Å². The van der Waals surface area contributed by atoms with Crippen molar-refractivity contribution in [3.05, 3.63) is 0 Å². The molecule has 2 amide bonds. The summed E-state index contributed by atoms with van der Waals surface area (Å²) in [4.78, 5) is 28.4. The van der Waals surface area contributed by atoms with E-state index in [4.69, 9.17) is 0 Å². The number of amides is 2. The molecule has 2 saturated carbocycles. The van der Waals surface area contributed by atoms with Crippen LogP contribution in [-0.2, 0) is 9.59 Å². The van der Waals surface area contributed by atoms with Gasteiger partial charge in [-0.2, -0.15) is 0 Å². The van der Waals surface area contributed by atoms with Crippen LogP contribution in [0, 0.1) is 5.92 Å². The first kappa shape index (κ1) is 14.5. The highest BCUT2D eigenvalue weighted by Crippen LogP contribution is 2.46. The lowest BCUT2D eigenvalue weighted by atomic mass is 9.68. The highest BCUT2D eigenvalue weighted by atomic mass is 16.3. The van der Waals surface area contributed by atoms with Gasteiger partial charge in [-0.1, -0.05) is 19.3 Å². The Kier molecular flexibility index (Phi) is 3.44. The van der Waals surface area contributed by atoms with Crippen molar-refractivity contribution in [3.8, 4) is 0 Å². The second-order valence-corrected chi connectivity index (χ2v) is 7.61. The van der Waals surface area contributed by atoms with Crippen molar-refractivity contribution in [2.24, 2.45) is 5.92 Å². The Labute approximate surface area is 131 Å². The Hall–Kier alpha value is -1.10. The van der Waals surface area contributed by atoms with Gasteiger partial charge in [-0.3, -0.25) is 9.59 Å². The largest absolute Gasteiger partial charge is 0.381 e. The third-order valence-electron chi connectivity index (χ3n) is 6.25. The predicted molar refractivity (Wildman–Crippen MR) is 81.0 cm³/mol. The highest BCUT2D eigenvalue weighted by Gasteiger charge is 2.61. The molecular weight excluding hydrogens is 280 g/mol. The minimum Gasteiger partial charge on any atom is -0.381 e. The van der Waals surface area contributed by atoms with Crippen molar-refractivity contribution >= 4 is 11.8 Å². The molecule has 0 radical (unpaired) electrons. The van der Waals surface area contributed by atoms with Crippen LogP contribution < -0.4 is 0 Å². The molecule has 5 heteroatoms. The number of hydrogen-bond donors (Lipinski definition) is 1. The fourth-order valence-corrected chi connectivity index (χ4v) is 4.80. The number of carbonyl (C=O) groups excluding carboxylic acids is 2.